The first kappa shape index (κ1) is 9.83. The predicted molar refractivity (Wildman–Crippen MR) is 39.7 cm³/mol. The number of carbonyl (C=O) groups is 3. The highest BCUT2D eigenvalue weighted by Crippen LogP contribution is 2.41. The average molecular weight is 188 g/mol. The fourth-order valence-corrected chi connectivity index (χ4v) is 0.879. The molecule has 0 amide bonds. The molecule has 0 aromatic heterocycles. The summed E-state index contributed by atoms with van der Waals surface area (Å²) in [5.74, 6) is -2.91. The van der Waals surface area contributed by atoms with E-state index in [1.165, 1.54) is 0 Å². The summed E-state index contributed by atoms with van der Waals surface area (Å²) < 4.78 is 17.1. The highest BCUT2D eigenvalue weighted by atomic mass is 19.1. The van der Waals surface area contributed by atoms with Crippen molar-refractivity contribution < 1.29 is 23.5 Å². The number of methoxy groups -OCH3 is 1. The molecule has 72 valence electrons. The smallest absolute Gasteiger partial charge is 0.374 e. The molecular formula is C8H9FO4. The van der Waals surface area contributed by atoms with Crippen LogP contribution in [0.4, 0.5) is 4.39 Å². The molecule has 13 heavy (non-hydrogen) atoms. The summed E-state index contributed by atoms with van der Waals surface area (Å²) in [6.07, 6.45) is -0.385. The molecule has 0 aromatic carbocycles. The van der Waals surface area contributed by atoms with Crippen molar-refractivity contribution in [1.29, 1.82) is 0 Å². The highest BCUT2D eigenvalue weighted by molar-refractivity contribution is 6.37. The van der Waals surface area contributed by atoms with Crippen LogP contribution >= 0.6 is 0 Å². The Balaban J connectivity index is 2.45. The molecule has 1 rings (SSSR count). The number of halogens is 1. The van der Waals surface area contributed by atoms with Crippen LogP contribution < -0.4 is 0 Å². The van der Waals surface area contributed by atoms with E-state index in [2.05, 4.69) is 4.74 Å². The number of alkyl halides is 1. The number of carbonyl (C=O) groups excluding carboxylic acids is 3. The van der Waals surface area contributed by atoms with Gasteiger partial charge in [0.1, 0.15) is 0 Å². The summed E-state index contributed by atoms with van der Waals surface area (Å²) in [4.78, 5) is 32.3. The Labute approximate surface area is 74.1 Å². The van der Waals surface area contributed by atoms with Gasteiger partial charge in [-0.1, -0.05) is 0 Å². The minimum absolute atomic E-state index is 0.153. The maximum atomic E-state index is 13.0. The zero-order valence-electron chi connectivity index (χ0n) is 7.13. The molecule has 1 saturated carbocycles. The quantitative estimate of drug-likeness (QED) is 0.359. The van der Waals surface area contributed by atoms with Gasteiger partial charge in [0.05, 0.1) is 13.5 Å². The maximum Gasteiger partial charge on any atom is 0.374 e. The number of hydrogen-bond acceptors (Lipinski definition) is 4. The lowest BCUT2D eigenvalue weighted by Gasteiger charge is -2.01. The number of ether oxygens (including phenoxy) is 1. The van der Waals surface area contributed by atoms with Crippen molar-refractivity contribution in [2.45, 2.75) is 24.9 Å². The van der Waals surface area contributed by atoms with Crippen LogP contribution in [-0.2, 0) is 19.1 Å². The third-order valence-electron chi connectivity index (χ3n) is 1.92. The predicted octanol–water partition coefficient (Wildman–Crippen LogP) is 0.190. The molecule has 0 heterocycles. The Morgan fingerprint density at radius 3 is 2.31 bits per heavy atom. The molecule has 0 spiro atoms. The van der Waals surface area contributed by atoms with E-state index < -0.39 is 29.6 Å². The molecular weight excluding hydrogens is 179 g/mol. The van der Waals surface area contributed by atoms with Gasteiger partial charge in [0.2, 0.25) is 5.78 Å². The molecule has 0 radical (unpaired) electrons. The van der Waals surface area contributed by atoms with Crippen LogP contribution in [0.5, 0.6) is 0 Å². The second-order valence-corrected chi connectivity index (χ2v) is 2.98. The van der Waals surface area contributed by atoms with E-state index in [4.69, 9.17) is 0 Å². The van der Waals surface area contributed by atoms with Crippen LogP contribution in [0.2, 0.25) is 0 Å². The lowest BCUT2D eigenvalue weighted by molar-refractivity contribution is -0.153. The molecule has 0 atom stereocenters. The second kappa shape index (κ2) is 3.24. The van der Waals surface area contributed by atoms with Gasteiger partial charge in [0.15, 0.2) is 11.5 Å². The molecule has 0 bridgehead atoms. The average Bonchev–Trinajstić information content (AvgIpc) is 2.83. The van der Waals surface area contributed by atoms with E-state index in [0.717, 1.165) is 7.11 Å². The Morgan fingerprint density at radius 1 is 1.38 bits per heavy atom. The van der Waals surface area contributed by atoms with Gasteiger partial charge in [-0.05, 0) is 12.8 Å². The number of hydrogen-bond donors (Lipinski definition) is 0. The molecule has 0 N–H and O–H groups in total. The van der Waals surface area contributed by atoms with E-state index in [1.54, 1.807) is 0 Å². The minimum Gasteiger partial charge on any atom is -0.463 e. The zero-order chi connectivity index (χ0) is 10.1. The summed E-state index contributed by atoms with van der Waals surface area (Å²) in [7, 11) is 1.03. The van der Waals surface area contributed by atoms with Gasteiger partial charge in [-0.3, -0.25) is 9.59 Å². The summed E-state index contributed by atoms with van der Waals surface area (Å²) in [6, 6.07) is 0. The van der Waals surface area contributed by atoms with Gasteiger partial charge in [-0.25, -0.2) is 9.18 Å². The lowest BCUT2D eigenvalue weighted by Crippen LogP contribution is -2.25. The van der Waals surface area contributed by atoms with Crippen LogP contribution in [-0.4, -0.2) is 30.3 Å². The third-order valence-corrected chi connectivity index (χ3v) is 1.92. The van der Waals surface area contributed by atoms with Crippen molar-refractivity contribution in [2.75, 3.05) is 7.11 Å². The monoisotopic (exact) mass is 188 g/mol. The summed E-state index contributed by atoms with van der Waals surface area (Å²) in [5.41, 5.74) is -1.84. The van der Waals surface area contributed by atoms with Gasteiger partial charge in [-0.15, -0.1) is 0 Å². The summed E-state index contributed by atoms with van der Waals surface area (Å²) >= 11 is 0. The fourth-order valence-electron chi connectivity index (χ4n) is 0.879. The van der Waals surface area contributed by atoms with E-state index in [1.807, 2.05) is 0 Å². The van der Waals surface area contributed by atoms with Crippen molar-refractivity contribution in [3.63, 3.8) is 0 Å². The zero-order valence-corrected chi connectivity index (χ0v) is 7.13. The number of esters is 1. The molecule has 0 aliphatic heterocycles. The fraction of sp³-hybridized carbons (Fsp3) is 0.625. The molecule has 5 heteroatoms. The largest absolute Gasteiger partial charge is 0.463 e. The Kier molecular flexibility index (Phi) is 2.45. The van der Waals surface area contributed by atoms with Crippen molar-refractivity contribution in [3.05, 3.63) is 0 Å². The Bertz CT molecular complexity index is 267. The van der Waals surface area contributed by atoms with Crippen molar-refractivity contribution >= 4 is 17.5 Å². The van der Waals surface area contributed by atoms with Crippen molar-refractivity contribution in [3.8, 4) is 0 Å². The van der Waals surface area contributed by atoms with Crippen LogP contribution in [0, 0.1) is 0 Å². The summed E-state index contributed by atoms with van der Waals surface area (Å²) in [5, 5.41) is 0. The van der Waals surface area contributed by atoms with Gasteiger partial charge >= 0.3 is 5.97 Å². The van der Waals surface area contributed by atoms with E-state index in [-0.39, 0.29) is 12.8 Å². The van der Waals surface area contributed by atoms with E-state index >= 15 is 0 Å². The van der Waals surface area contributed by atoms with Gasteiger partial charge < -0.3 is 4.74 Å². The standard InChI is InChI=1S/C8H9FO4/c1-13-7(12)5(10)4-6(11)8(9)2-3-8/h2-4H2,1H3. The molecule has 1 aliphatic carbocycles. The van der Waals surface area contributed by atoms with E-state index in [0.29, 0.717) is 0 Å². The minimum atomic E-state index is -1.84. The molecule has 1 fully saturated rings. The van der Waals surface area contributed by atoms with Gasteiger partial charge in [-0.2, -0.15) is 0 Å². The third kappa shape index (κ3) is 2.11. The first-order chi connectivity index (χ1) is 5.99. The SMILES string of the molecule is COC(=O)C(=O)CC(=O)C1(F)CC1. The molecule has 0 unspecified atom stereocenters. The second-order valence-electron chi connectivity index (χ2n) is 2.98. The van der Waals surface area contributed by atoms with Crippen LogP contribution in [0.1, 0.15) is 19.3 Å². The van der Waals surface area contributed by atoms with Crippen molar-refractivity contribution in [1.82, 2.24) is 0 Å². The van der Waals surface area contributed by atoms with Crippen LogP contribution in [0.3, 0.4) is 0 Å². The van der Waals surface area contributed by atoms with Crippen LogP contribution in [0.25, 0.3) is 0 Å². The maximum absolute atomic E-state index is 13.0. The molecule has 1 aliphatic rings. The normalized spacial score (nSPS) is 17.7. The summed E-state index contributed by atoms with van der Waals surface area (Å²) in [6.45, 7) is 0. The number of Topliss-reactive ketones (excluding diaryl/α,β-unsaturated/α-hetero) is 2. The Hall–Kier alpha value is -1.26. The molecule has 0 saturated heterocycles. The van der Waals surface area contributed by atoms with Gasteiger partial charge in [0.25, 0.3) is 0 Å². The Morgan fingerprint density at radius 2 is 1.92 bits per heavy atom. The number of rotatable bonds is 4. The topological polar surface area (TPSA) is 60.4 Å². The number of ketones is 2. The van der Waals surface area contributed by atoms with Crippen LogP contribution in [0.15, 0.2) is 0 Å². The van der Waals surface area contributed by atoms with Gasteiger partial charge in [0, 0.05) is 0 Å². The molecule has 0 aromatic rings. The van der Waals surface area contributed by atoms with Crippen molar-refractivity contribution in [2.24, 2.45) is 0 Å². The highest BCUT2D eigenvalue weighted by Gasteiger charge is 2.50. The first-order valence-corrected chi connectivity index (χ1v) is 3.83. The van der Waals surface area contributed by atoms with E-state index in [9.17, 15) is 18.8 Å². The molecule has 4 nitrogen and oxygen atoms in total. The first-order valence-electron chi connectivity index (χ1n) is 3.83. The lowest BCUT2D eigenvalue weighted by atomic mass is 10.1.